The van der Waals surface area contributed by atoms with Crippen LogP contribution in [-0.2, 0) is 0 Å². The van der Waals surface area contributed by atoms with Gasteiger partial charge in [-0.1, -0.05) is 48.5 Å². The van der Waals surface area contributed by atoms with Crippen molar-refractivity contribution < 1.29 is 4.74 Å². The summed E-state index contributed by atoms with van der Waals surface area (Å²) in [4.78, 5) is 0. The summed E-state index contributed by atoms with van der Waals surface area (Å²) < 4.78 is 6.01. The molecule has 2 heteroatoms. The van der Waals surface area contributed by atoms with Crippen LogP contribution in [0.25, 0.3) is 0 Å². The van der Waals surface area contributed by atoms with Crippen molar-refractivity contribution in [1.29, 1.82) is 0 Å². The van der Waals surface area contributed by atoms with Crippen molar-refractivity contribution in [2.45, 2.75) is 26.0 Å². The Labute approximate surface area is 108 Å². The number of rotatable bonds is 4. The van der Waals surface area contributed by atoms with Crippen LogP contribution in [0.2, 0.25) is 0 Å². The lowest BCUT2D eigenvalue weighted by Gasteiger charge is -2.19. The molecule has 94 valence electrons. The fraction of sp³-hybridized carbons (Fsp3) is 0.250. The molecule has 2 nitrogen and oxygen atoms in total. The van der Waals surface area contributed by atoms with Gasteiger partial charge in [-0.2, -0.15) is 0 Å². The second-order valence-electron chi connectivity index (χ2n) is 4.50. The normalized spacial score (nSPS) is 13.9. The predicted octanol–water partition coefficient (Wildman–Crippen LogP) is 3.85. The maximum atomic E-state index is 6.01. The van der Waals surface area contributed by atoms with Gasteiger partial charge in [0.15, 0.2) is 0 Å². The Bertz CT molecular complexity index is 493. The fourth-order valence-corrected chi connectivity index (χ4v) is 1.95. The summed E-state index contributed by atoms with van der Waals surface area (Å²) in [7, 11) is 0. The first-order valence-corrected chi connectivity index (χ1v) is 6.24. The van der Waals surface area contributed by atoms with E-state index in [1.807, 2.05) is 56.3 Å². The molecule has 0 saturated carbocycles. The zero-order valence-electron chi connectivity index (χ0n) is 10.8. The molecule has 0 aliphatic carbocycles. The minimum atomic E-state index is -0.0239. The minimum absolute atomic E-state index is 0.0195. The molecular weight excluding hydrogens is 222 g/mol. The quantitative estimate of drug-likeness (QED) is 0.882. The van der Waals surface area contributed by atoms with Gasteiger partial charge in [-0.15, -0.1) is 0 Å². The van der Waals surface area contributed by atoms with E-state index in [0.717, 1.165) is 16.9 Å². The van der Waals surface area contributed by atoms with Gasteiger partial charge in [0.25, 0.3) is 0 Å². The van der Waals surface area contributed by atoms with E-state index in [1.54, 1.807) is 0 Å². The van der Waals surface area contributed by atoms with Crippen LogP contribution in [-0.4, -0.2) is 0 Å². The summed E-state index contributed by atoms with van der Waals surface area (Å²) in [6.45, 7) is 4.02. The van der Waals surface area contributed by atoms with Crippen LogP contribution >= 0.6 is 0 Å². The third kappa shape index (κ3) is 2.90. The van der Waals surface area contributed by atoms with E-state index >= 15 is 0 Å². The van der Waals surface area contributed by atoms with Gasteiger partial charge in [0.2, 0.25) is 0 Å². The molecule has 0 amide bonds. The Hall–Kier alpha value is -1.80. The summed E-state index contributed by atoms with van der Waals surface area (Å²) in [5.74, 6) is 0.865. The molecule has 0 radical (unpaired) electrons. The maximum Gasteiger partial charge on any atom is 0.124 e. The van der Waals surface area contributed by atoms with Crippen molar-refractivity contribution in [3.8, 4) is 5.75 Å². The van der Waals surface area contributed by atoms with Crippen molar-refractivity contribution >= 4 is 0 Å². The molecule has 0 heterocycles. The first-order chi connectivity index (χ1) is 8.68. The van der Waals surface area contributed by atoms with Gasteiger partial charge in [0.1, 0.15) is 11.9 Å². The molecule has 2 aromatic carbocycles. The summed E-state index contributed by atoms with van der Waals surface area (Å²) in [6.07, 6.45) is 0.0195. The van der Waals surface area contributed by atoms with Crippen molar-refractivity contribution in [3.05, 3.63) is 65.7 Å². The molecule has 0 saturated heterocycles. The third-order valence-electron chi connectivity index (χ3n) is 2.98. The van der Waals surface area contributed by atoms with E-state index in [0.29, 0.717) is 0 Å². The summed E-state index contributed by atoms with van der Waals surface area (Å²) >= 11 is 0. The van der Waals surface area contributed by atoms with Gasteiger partial charge in [0.05, 0.1) is 0 Å². The van der Waals surface area contributed by atoms with E-state index in [-0.39, 0.29) is 12.1 Å². The fourth-order valence-electron chi connectivity index (χ4n) is 1.95. The molecule has 1 unspecified atom stereocenters. The molecule has 0 aromatic heterocycles. The van der Waals surface area contributed by atoms with Crippen molar-refractivity contribution in [3.63, 3.8) is 0 Å². The summed E-state index contributed by atoms with van der Waals surface area (Å²) in [6, 6.07) is 18.1. The molecular formula is C16H19NO. The van der Waals surface area contributed by atoms with E-state index in [2.05, 4.69) is 12.1 Å². The highest BCUT2D eigenvalue weighted by Gasteiger charge is 2.11. The molecule has 2 aromatic rings. The highest BCUT2D eigenvalue weighted by molar-refractivity contribution is 5.36. The van der Waals surface area contributed by atoms with Crippen molar-refractivity contribution in [2.24, 2.45) is 5.73 Å². The first kappa shape index (κ1) is 12.7. The highest BCUT2D eigenvalue weighted by atomic mass is 16.5. The lowest BCUT2D eigenvalue weighted by atomic mass is 10.1. The lowest BCUT2D eigenvalue weighted by molar-refractivity contribution is 0.223. The van der Waals surface area contributed by atoms with Gasteiger partial charge in [-0.05, 0) is 25.5 Å². The van der Waals surface area contributed by atoms with Gasteiger partial charge in [-0.25, -0.2) is 0 Å². The molecule has 0 spiro atoms. The smallest absolute Gasteiger partial charge is 0.124 e. The molecule has 0 bridgehead atoms. The largest absolute Gasteiger partial charge is 0.486 e. The van der Waals surface area contributed by atoms with Gasteiger partial charge < -0.3 is 10.5 Å². The van der Waals surface area contributed by atoms with Crippen molar-refractivity contribution in [2.75, 3.05) is 0 Å². The van der Waals surface area contributed by atoms with Gasteiger partial charge in [-0.3, -0.25) is 0 Å². The van der Waals surface area contributed by atoms with Crippen LogP contribution in [0.15, 0.2) is 54.6 Å². The molecule has 0 aliphatic heterocycles. The Kier molecular flexibility index (Phi) is 4.00. The molecule has 2 atom stereocenters. The van der Waals surface area contributed by atoms with Crippen LogP contribution < -0.4 is 10.5 Å². The number of ether oxygens (including phenoxy) is 1. The molecule has 2 N–H and O–H groups in total. The number of hydrogen-bond donors (Lipinski definition) is 1. The lowest BCUT2D eigenvalue weighted by Crippen LogP contribution is -2.10. The topological polar surface area (TPSA) is 35.2 Å². The third-order valence-corrected chi connectivity index (χ3v) is 2.98. The van der Waals surface area contributed by atoms with Crippen LogP contribution in [0.1, 0.15) is 37.1 Å². The SMILES string of the molecule is CC(Oc1ccccc1[C@H](C)N)c1ccccc1. The van der Waals surface area contributed by atoms with Crippen molar-refractivity contribution in [1.82, 2.24) is 0 Å². The minimum Gasteiger partial charge on any atom is -0.486 e. The highest BCUT2D eigenvalue weighted by Crippen LogP contribution is 2.28. The average molecular weight is 241 g/mol. The Morgan fingerprint density at radius 3 is 2.17 bits per heavy atom. The van der Waals surface area contributed by atoms with E-state index < -0.39 is 0 Å². The van der Waals surface area contributed by atoms with Crippen LogP contribution in [0.5, 0.6) is 5.75 Å². The standard InChI is InChI=1S/C16H19NO/c1-12(17)15-10-6-7-11-16(15)18-13(2)14-8-4-3-5-9-14/h3-13H,17H2,1-2H3/t12-,13?/m0/s1. The number of nitrogens with two attached hydrogens (primary N) is 1. The Morgan fingerprint density at radius 1 is 0.889 bits per heavy atom. The second kappa shape index (κ2) is 5.69. The number of benzene rings is 2. The number of hydrogen-bond acceptors (Lipinski definition) is 2. The zero-order chi connectivity index (χ0) is 13.0. The molecule has 0 fully saturated rings. The van der Waals surface area contributed by atoms with Gasteiger partial charge >= 0.3 is 0 Å². The van der Waals surface area contributed by atoms with Gasteiger partial charge in [0, 0.05) is 11.6 Å². The average Bonchev–Trinajstić information content (AvgIpc) is 2.40. The van der Waals surface area contributed by atoms with Crippen LogP contribution in [0.4, 0.5) is 0 Å². The van der Waals surface area contributed by atoms with E-state index in [1.165, 1.54) is 0 Å². The predicted molar refractivity (Wildman–Crippen MR) is 74.5 cm³/mol. The molecule has 18 heavy (non-hydrogen) atoms. The summed E-state index contributed by atoms with van der Waals surface area (Å²) in [5.41, 5.74) is 8.15. The first-order valence-electron chi connectivity index (χ1n) is 6.24. The molecule has 0 aliphatic rings. The molecule has 2 rings (SSSR count). The number of para-hydroxylation sites is 1. The van der Waals surface area contributed by atoms with Crippen LogP contribution in [0, 0.1) is 0 Å². The summed E-state index contributed by atoms with van der Waals surface area (Å²) in [5, 5.41) is 0. The van der Waals surface area contributed by atoms with E-state index in [4.69, 9.17) is 10.5 Å². The monoisotopic (exact) mass is 241 g/mol. The maximum absolute atomic E-state index is 6.01. The zero-order valence-corrected chi connectivity index (χ0v) is 10.8. The Balaban J connectivity index is 2.19. The van der Waals surface area contributed by atoms with Crippen LogP contribution in [0.3, 0.4) is 0 Å². The second-order valence-corrected chi connectivity index (χ2v) is 4.50. The Morgan fingerprint density at radius 2 is 1.50 bits per heavy atom. The van der Waals surface area contributed by atoms with E-state index in [9.17, 15) is 0 Å².